The van der Waals surface area contributed by atoms with Crippen molar-refractivity contribution in [2.75, 3.05) is 0 Å². The SMILES string of the molecule is Cc1c(N=C2NC(=O)/C(=C\c3ccccc3)S2)c(=O)n(-c2ccccc2)n1C. The number of aliphatic imine (C=N–C) groups is 1. The molecule has 0 unspecified atom stereocenters. The van der Waals surface area contributed by atoms with Crippen LogP contribution in [0.2, 0.25) is 0 Å². The Morgan fingerprint density at radius 2 is 1.64 bits per heavy atom. The summed E-state index contributed by atoms with van der Waals surface area (Å²) >= 11 is 1.23. The molecular weight excluding hydrogens is 372 g/mol. The van der Waals surface area contributed by atoms with Gasteiger partial charge in [-0.15, -0.1) is 0 Å². The zero-order valence-electron chi connectivity index (χ0n) is 15.4. The molecule has 1 amide bonds. The third-order valence-electron chi connectivity index (χ3n) is 4.49. The third-order valence-corrected chi connectivity index (χ3v) is 5.40. The Morgan fingerprint density at radius 1 is 1.00 bits per heavy atom. The van der Waals surface area contributed by atoms with Crippen molar-refractivity contribution in [3.05, 3.63) is 87.2 Å². The molecule has 1 saturated heterocycles. The number of thioether (sulfide) groups is 1. The van der Waals surface area contributed by atoms with Crippen LogP contribution in [0, 0.1) is 6.92 Å². The van der Waals surface area contributed by atoms with E-state index in [1.54, 1.807) is 9.36 Å². The van der Waals surface area contributed by atoms with Crippen LogP contribution >= 0.6 is 11.8 Å². The van der Waals surface area contributed by atoms with E-state index in [0.717, 1.165) is 16.9 Å². The first-order valence-electron chi connectivity index (χ1n) is 8.73. The molecule has 1 N–H and O–H groups in total. The van der Waals surface area contributed by atoms with Gasteiger partial charge in [-0.1, -0.05) is 48.5 Å². The Kier molecular flexibility index (Phi) is 4.75. The third kappa shape index (κ3) is 3.32. The van der Waals surface area contributed by atoms with Gasteiger partial charge in [-0.05, 0) is 42.5 Å². The van der Waals surface area contributed by atoms with E-state index in [0.29, 0.717) is 15.8 Å². The largest absolute Gasteiger partial charge is 0.300 e. The van der Waals surface area contributed by atoms with Gasteiger partial charge in [0.15, 0.2) is 10.9 Å². The van der Waals surface area contributed by atoms with Crippen molar-refractivity contribution >= 4 is 34.6 Å². The van der Waals surface area contributed by atoms with Gasteiger partial charge >= 0.3 is 0 Å². The van der Waals surface area contributed by atoms with Crippen molar-refractivity contribution in [3.63, 3.8) is 0 Å². The number of amides is 1. The summed E-state index contributed by atoms with van der Waals surface area (Å²) in [5.74, 6) is -0.218. The van der Waals surface area contributed by atoms with Crippen LogP contribution < -0.4 is 10.9 Å². The highest BCUT2D eigenvalue weighted by Crippen LogP contribution is 2.28. The summed E-state index contributed by atoms with van der Waals surface area (Å²) in [5.41, 5.74) is 2.50. The van der Waals surface area contributed by atoms with Crippen molar-refractivity contribution in [1.82, 2.24) is 14.7 Å². The Hall–Kier alpha value is -3.32. The highest BCUT2D eigenvalue weighted by molar-refractivity contribution is 8.18. The minimum Gasteiger partial charge on any atom is -0.300 e. The molecule has 1 aliphatic rings. The molecule has 3 aromatic rings. The van der Waals surface area contributed by atoms with Crippen LogP contribution in [0.5, 0.6) is 0 Å². The minimum absolute atomic E-state index is 0.218. The number of benzene rings is 2. The number of nitrogens with zero attached hydrogens (tertiary/aromatic N) is 3. The molecule has 0 radical (unpaired) electrons. The van der Waals surface area contributed by atoms with E-state index in [1.165, 1.54) is 11.8 Å². The second-order valence-electron chi connectivity index (χ2n) is 6.30. The maximum atomic E-state index is 13.0. The van der Waals surface area contributed by atoms with Crippen LogP contribution in [0.25, 0.3) is 11.8 Å². The number of carbonyl (C=O) groups excluding carboxylic acids is 1. The molecule has 0 saturated carbocycles. The normalized spacial score (nSPS) is 16.7. The molecule has 4 rings (SSSR count). The van der Waals surface area contributed by atoms with Crippen molar-refractivity contribution in [1.29, 1.82) is 0 Å². The first kappa shape index (κ1) is 18.1. The van der Waals surface area contributed by atoms with E-state index in [1.807, 2.05) is 80.7 Å². The first-order chi connectivity index (χ1) is 13.5. The van der Waals surface area contributed by atoms with Crippen LogP contribution in [0.4, 0.5) is 5.69 Å². The zero-order chi connectivity index (χ0) is 19.7. The molecule has 7 heteroatoms. The lowest BCUT2D eigenvalue weighted by Crippen LogP contribution is -2.21. The Labute approximate surface area is 166 Å². The van der Waals surface area contributed by atoms with Crippen molar-refractivity contribution in [3.8, 4) is 5.69 Å². The maximum Gasteiger partial charge on any atom is 0.297 e. The highest BCUT2D eigenvalue weighted by Gasteiger charge is 2.25. The van der Waals surface area contributed by atoms with Crippen molar-refractivity contribution < 1.29 is 4.79 Å². The number of hydrogen-bond acceptors (Lipinski definition) is 4. The quantitative estimate of drug-likeness (QED) is 0.697. The molecule has 28 heavy (non-hydrogen) atoms. The number of rotatable bonds is 3. The van der Waals surface area contributed by atoms with Gasteiger partial charge in [0.1, 0.15) is 0 Å². The van der Waals surface area contributed by atoms with E-state index >= 15 is 0 Å². The standard InChI is InChI=1S/C21H18N4O2S/c1-14-18(20(27)25(24(14)2)16-11-7-4-8-12-16)22-21-23-19(26)17(28-21)13-15-9-5-3-6-10-15/h3-13H,1-2H3,(H,22,23,26)/b17-13+. The van der Waals surface area contributed by atoms with E-state index in [-0.39, 0.29) is 11.5 Å². The van der Waals surface area contributed by atoms with Crippen LogP contribution in [0.15, 0.2) is 75.4 Å². The molecule has 140 valence electrons. The van der Waals surface area contributed by atoms with Crippen LogP contribution in [0.3, 0.4) is 0 Å². The summed E-state index contributed by atoms with van der Waals surface area (Å²) in [7, 11) is 1.81. The second kappa shape index (κ2) is 7.36. The summed E-state index contributed by atoms with van der Waals surface area (Å²) in [6.07, 6.45) is 1.81. The number of para-hydroxylation sites is 1. The topological polar surface area (TPSA) is 68.4 Å². The fourth-order valence-electron chi connectivity index (χ4n) is 2.97. The first-order valence-corrected chi connectivity index (χ1v) is 9.55. The van der Waals surface area contributed by atoms with Crippen molar-refractivity contribution in [2.24, 2.45) is 12.0 Å². The van der Waals surface area contributed by atoms with Gasteiger partial charge in [-0.25, -0.2) is 9.67 Å². The predicted octanol–water partition coefficient (Wildman–Crippen LogP) is 3.38. The summed E-state index contributed by atoms with van der Waals surface area (Å²) < 4.78 is 3.33. The fourth-order valence-corrected chi connectivity index (χ4v) is 3.79. The monoisotopic (exact) mass is 390 g/mol. The van der Waals surface area contributed by atoms with E-state index in [9.17, 15) is 9.59 Å². The van der Waals surface area contributed by atoms with Gasteiger partial charge < -0.3 is 5.32 Å². The smallest absolute Gasteiger partial charge is 0.297 e. The molecular formula is C21H18N4O2S. The molecule has 2 heterocycles. The molecule has 0 atom stereocenters. The van der Waals surface area contributed by atoms with Crippen molar-refractivity contribution in [2.45, 2.75) is 6.92 Å². The van der Waals surface area contributed by atoms with Crippen LogP contribution in [-0.4, -0.2) is 20.4 Å². The fraction of sp³-hybridized carbons (Fsp3) is 0.0952. The van der Waals surface area contributed by atoms with Gasteiger partial charge in [-0.3, -0.25) is 14.3 Å². The second-order valence-corrected chi connectivity index (χ2v) is 7.33. The number of nitrogens with one attached hydrogen (secondary N) is 1. The minimum atomic E-state index is -0.228. The summed E-state index contributed by atoms with van der Waals surface area (Å²) in [5, 5.41) is 3.15. The molecule has 1 aliphatic heterocycles. The van der Waals surface area contributed by atoms with E-state index in [4.69, 9.17) is 0 Å². The lowest BCUT2D eigenvalue weighted by Gasteiger charge is -2.07. The van der Waals surface area contributed by atoms with Gasteiger partial charge in [-0.2, -0.15) is 0 Å². The number of carbonyl (C=O) groups is 1. The average Bonchev–Trinajstić information content (AvgIpc) is 3.15. The lowest BCUT2D eigenvalue weighted by atomic mass is 10.2. The molecule has 1 aromatic heterocycles. The molecule has 2 aromatic carbocycles. The van der Waals surface area contributed by atoms with Crippen LogP contribution in [-0.2, 0) is 11.8 Å². The summed E-state index contributed by atoms with van der Waals surface area (Å²) in [6, 6.07) is 19.0. The molecule has 0 bridgehead atoms. The zero-order valence-corrected chi connectivity index (χ0v) is 16.2. The summed E-state index contributed by atoms with van der Waals surface area (Å²) in [4.78, 5) is 30.2. The van der Waals surface area contributed by atoms with E-state index < -0.39 is 0 Å². The summed E-state index contributed by atoms with van der Waals surface area (Å²) in [6.45, 7) is 1.84. The van der Waals surface area contributed by atoms with Gasteiger partial charge in [0.05, 0.1) is 16.3 Å². The molecule has 0 aliphatic carbocycles. The van der Waals surface area contributed by atoms with Crippen LogP contribution in [0.1, 0.15) is 11.3 Å². The Morgan fingerprint density at radius 3 is 2.32 bits per heavy atom. The van der Waals surface area contributed by atoms with Gasteiger partial charge in [0, 0.05) is 7.05 Å². The molecule has 6 nitrogen and oxygen atoms in total. The Balaban J connectivity index is 1.70. The average molecular weight is 390 g/mol. The van der Waals surface area contributed by atoms with Gasteiger partial charge in [0.25, 0.3) is 11.5 Å². The van der Waals surface area contributed by atoms with Gasteiger partial charge in [0.2, 0.25) is 0 Å². The Bertz CT molecular complexity index is 1160. The number of amidine groups is 1. The predicted molar refractivity (Wildman–Crippen MR) is 113 cm³/mol. The highest BCUT2D eigenvalue weighted by atomic mass is 32.2. The van der Waals surface area contributed by atoms with E-state index in [2.05, 4.69) is 10.3 Å². The number of aromatic nitrogens is 2. The maximum absolute atomic E-state index is 13.0. The lowest BCUT2D eigenvalue weighted by molar-refractivity contribution is -0.115. The molecule has 0 spiro atoms. The number of hydrogen-bond donors (Lipinski definition) is 1. The molecule has 1 fully saturated rings.